The molecule has 0 aliphatic heterocycles. The van der Waals surface area contributed by atoms with Crippen LogP contribution in [0.25, 0.3) is 0 Å². The smallest absolute Gasteiger partial charge is 0.171 e. The van der Waals surface area contributed by atoms with Crippen LogP contribution in [-0.2, 0) is 0 Å². The normalized spacial score (nSPS) is 28.6. The zero-order valence-corrected chi connectivity index (χ0v) is 19.4. The van der Waals surface area contributed by atoms with E-state index in [0.717, 1.165) is 11.4 Å². The van der Waals surface area contributed by atoms with E-state index in [1.807, 2.05) is 60.7 Å². The van der Waals surface area contributed by atoms with Crippen molar-refractivity contribution in [1.82, 2.24) is 10.6 Å². The number of thiocarbonyl (C=S) groups is 2. The summed E-state index contributed by atoms with van der Waals surface area (Å²) in [7, 11) is 0. The van der Waals surface area contributed by atoms with Gasteiger partial charge in [-0.2, -0.15) is 0 Å². The first-order valence-electron chi connectivity index (χ1n) is 10.6. The molecule has 0 aromatic heterocycles. The van der Waals surface area contributed by atoms with Crippen molar-refractivity contribution in [2.45, 2.75) is 45.7 Å². The lowest BCUT2D eigenvalue weighted by Crippen LogP contribution is -2.58. The number of benzene rings is 2. The predicted molar refractivity (Wildman–Crippen MR) is 134 cm³/mol. The second-order valence-corrected chi connectivity index (χ2v) is 10.0. The highest BCUT2D eigenvalue weighted by Crippen LogP contribution is 2.65. The Bertz CT molecular complexity index is 915. The van der Waals surface area contributed by atoms with Gasteiger partial charge in [-0.05, 0) is 78.3 Å². The Balaban J connectivity index is 1.50. The van der Waals surface area contributed by atoms with Gasteiger partial charge < -0.3 is 21.3 Å². The molecule has 4 N–H and O–H groups in total. The Labute approximate surface area is 190 Å². The molecule has 158 valence electrons. The summed E-state index contributed by atoms with van der Waals surface area (Å²) in [6.07, 6.45) is 2.39. The number of hydrogen-bond acceptors (Lipinski definition) is 2. The molecular weight excluding hydrogens is 408 g/mol. The van der Waals surface area contributed by atoms with Gasteiger partial charge in [-0.25, -0.2) is 0 Å². The molecule has 4 rings (SSSR count). The minimum absolute atomic E-state index is 0.125. The SMILES string of the molecule is CC1(C)[C@H]2CC[C@@]1(C)[C@H](NC(=S)Nc1ccccc1)[C@H]2NC(=S)Nc1ccccc1. The zero-order valence-electron chi connectivity index (χ0n) is 17.7. The van der Waals surface area contributed by atoms with Crippen molar-refractivity contribution < 1.29 is 0 Å². The first-order chi connectivity index (χ1) is 14.3. The van der Waals surface area contributed by atoms with E-state index >= 15 is 0 Å². The molecule has 6 heteroatoms. The maximum atomic E-state index is 5.69. The molecule has 0 spiro atoms. The van der Waals surface area contributed by atoms with E-state index in [0.29, 0.717) is 16.1 Å². The van der Waals surface area contributed by atoms with E-state index < -0.39 is 0 Å². The average Bonchev–Trinajstić information content (AvgIpc) is 3.03. The van der Waals surface area contributed by atoms with Crippen LogP contribution in [-0.4, -0.2) is 22.3 Å². The third-order valence-electron chi connectivity index (χ3n) is 7.50. The van der Waals surface area contributed by atoms with Crippen molar-refractivity contribution in [3.8, 4) is 0 Å². The lowest BCUT2D eigenvalue weighted by atomic mass is 9.69. The largest absolute Gasteiger partial charge is 0.357 e. The Morgan fingerprint density at radius 3 is 1.83 bits per heavy atom. The van der Waals surface area contributed by atoms with Gasteiger partial charge in [-0.1, -0.05) is 57.2 Å². The van der Waals surface area contributed by atoms with Crippen molar-refractivity contribution >= 4 is 46.0 Å². The molecule has 4 atom stereocenters. The van der Waals surface area contributed by atoms with Gasteiger partial charge in [0.25, 0.3) is 0 Å². The summed E-state index contributed by atoms with van der Waals surface area (Å²) in [6, 6.07) is 20.5. The second kappa shape index (κ2) is 8.16. The zero-order chi connectivity index (χ0) is 21.4. The second-order valence-electron chi connectivity index (χ2n) is 9.22. The van der Waals surface area contributed by atoms with Gasteiger partial charge in [0.05, 0.1) is 12.1 Å². The molecule has 4 nitrogen and oxygen atoms in total. The van der Waals surface area contributed by atoms with Crippen molar-refractivity contribution in [3.05, 3.63) is 60.7 Å². The Morgan fingerprint density at radius 2 is 1.30 bits per heavy atom. The maximum absolute atomic E-state index is 5.69. The minimum Gasteiger partial charge on any atom is -0.357 e. The van der Waals surface area contributed by atoms with Crippen LogP contribution in [0.5, 0.6) is 0 Å². The van der Waals surface area contributed by atoms with Gasteiger partial charge in [0.2, 0.25) is 0 Å². The molecule has 30 heavy (non-hydrogen) atoms. The van der Waals surface area contributed by atoms with Gasteiger partial charge in [-0.15, -0.1) is 0 Å². The number of nitrogens with one attached hydrogen (secondary N) is 4. The topological polar surface area (TPSA) is 48.1 Å². The fourth-order valence-corrected chi connectivity index (χ4v) is 5.98. The van der Waals surface area contributed by atoms with Crippen LogP contribution in [0.1, 0.15) is 33.6 Å². The van der Waals surface area contributed by atoms with Crippen LogP contribution < -0.4 is 21.3 Å². The number of rotatable bonds is 4. The van der Waals surface area contributed by atoms with E-state index in [1.165, 1.54) is 12.8 Å². The third-order valence-corrected chi connectivity index (χ3v) is 7.94. The van der Waals surface area contributed by atoms with Crippen molar-refractivity contribution in [2.75, 3.05) is 10.6 Å². The molecule has 2 aliphatic carbocycles. The molecule has 2 aromatic carbocycles. The number of hydrogen-bond donors (Lipinski definition) is 4. The van der Waals surface area contributed by atoms with E-state index in [-0.39, 0.29) is 22.9 Å². The highest BCUT2D eigenvalue weighted by atomic mass is 32.1. The van der Waals surface area contributed by atoms with E-state index in [4.69, 9.17) is 24.4 Å². The highest BCUT2D eigenvalue weighted by molar-refractivity contribution is 7.80. The summed E-state index contributed by atoms with van der Waals surface area (Å²) in [6.45, 7) is 7.18. The van der Waals surface area contributed by atoms with Crippen molar-refractivity contribution in [3.63, 3.8) is 0 Å². The lowest BCUT2D eigenvalue weighted by Gasteiger charge is -2.41. The summed E-state index contributed by atoms with van der Waals surface area (Å²) >= 11 is 11.4. The van der Waals surface area contributed by atoms with Gasteiger partial charge in [-0.3, -0.25) is 0 Å². The summed E-state index contributed by atoms with van der Waals surface area (Å²) in [4.78, 5) is 0. The average molecular weight is 439 g/mol. The first-order valence-corrected chi connectivity index (χ1v) is 11.4. The molecule has 2 aliphatic rings. The fourth-order valence-electron chi connectivity index (χ4n) is 5.48. The predicted octanol–water partition coefficient (Wildman–Crippen LogP) is 5.15. The number of anilines is 2. The number of para-hydroxylation sites is 2. The van der Waals surface area contributed by atoms with Gasteiger partial charge >= 0.3 is 0 Å². The fraction of sp³-hybridized carbons (Fsp3) is 0.417. The van der Waals surface area contributed by atoms with Gasteiger partial charge in [0.15, 0.2) is 10.2 Å². The van der Waals surface area contributed by atoms with E-state index in [1.54, 1.807) is 0 Å². The molecule has 2 aromatic rings. The monoisotopic (exact) mass is 438 g/mol. The van der Waals surface area contributed by atoms with Crippen LogP contribution in [0, 0.1) is 16.7 Å². The van der Waals surface area contributed by atoms with Gasteiger partial charge in [0, 0.05) is 11.4 Å². The van der Waals surface area contributed by atoms with Crippen LogP contribution in [0.2, 0.25) is 0 Å². The van der Waals surface area contributed by atoms with Crippen molar-refractivity contribution in [1.29, 1.82) is 0 Å². The Morgan fingerprint density at radius 1 is 0.800 bits per heavy atom. The molecule has 2 fully saturated rings. The molecule has 0 unspecified atom stereocenters. The third kappa shape index (κ3) is 3.79. The van der Waals surface area contributed by atoms with Crippen LogP contribution in [0.4, 0.5) is 11.4 Å². The van der Waals surface area contributed by atoms with Crippen molar-refractivity contribution in [2.24, 2.45) is 16.7 Å². The molecule has 2 saturated carbocycles. The quantitative estimate of drug-likeness (QED) is 0.495. The molecule has 2 bridgehead atoms. The van der Waals surface area contributed by atoms with Crippen LogP contribution >= 0.6 is 24.4 Å². The highest BCUT2D eigenvalue weighted by Gasteiger charge is 2.66. The first kappa shape index (κ1) is 21.1. The van der Waals surface area contributed by atoms with E-state index in [9.17, 15) is 0 Å². The van der Waals surface area contributed by atoms with Crippen LogP contribution in [0.15, 0.2) is 60.7 Å². The minimum atomic E-state index is 0.125. The Kier molecular flexibility index (Phi) is 5.73. The molecule has 0 radical (unpaired) electrons. The molecule has 0 saturated heterocycles. The van der Waals surface area contributed by atoms with E-state index in [2.05, 4.69) is 42.0 Å². The summed E-state index contributed by atoms with van der Waals surface area (Å²) in [5, 5.41) is 15.2. The lowest BCUT2D eigenvalue weighted by molar-refractivity contribution is 0.129. The molecule has 0 amide bonds. The molecular formula is C24H30N4S2. The van der Waals surface area contributed by atoms with Gasteiger partial charge in [0.1, 0.15) is 0 Å². The molecule has 0 heterocycles. The van der Waals surface area contributed by atoms with Crippen LogP contribution in [0.3, 0.4) is 0 Å². The summed E-state index contributed by atoms with van der Waals surface area (Å²) < 4.78 is 0. The standard InChI is InChI=1S/C24H30N4S2/c1-23(2)18-14-15-24(23,3)20(28-22(30)26-17-12-8-5-9-13-17)19(18)27-21(29)25-16-10-6-4-7-11-16/h4-13,18-20H,14-15H2,1-3H3,(H2,25,27,29)(H2,26,28,30)/t18-,19-,20+,24-/m0/s1. The maximum Gasteiger partial charge on any atom is 0.171 e. The Hall–Kier alpha value is -2.18. The summed E-state index contributed by atoms with van der Waals surface area (Å²) in [5.41, 5.74) is 2.30. The number of fused-ring (bicyclic) bond motifs is 2. The summed E-state index contributed by atoms with van der Waals surface area (Å²) in [5.74, 6) is 0.523.